The van der Waals surface area contributed by atoms with E-state index in [-0.39, 0.29) is 11.3 Å². The minimum atomic E-state index is 0.176. The van der Waals surface area contributed by atoms with E-state index in [1.54, 1.807) is 12.0 Å². The maximum atomic E-state index is 12.2. The molecule has 0 saturated heterocycles. The number of amides is 1. The van der Waals surface area contributed by atoms with E-state index in [0.29, 0.717) is 13.0 Å². The van der Waals surface area contributed by atoms with Crippen LogP contribution in [0.1, 0.15) is 24.8 Å². The number of thiol groups is 1. The lowest BCUT2D eigenvalue weighted by Crippen LogP contribution is -2.29. The zero-order chi connectivity index (χ0) is 13.9. The number of hydrogen-bond donors (Lipinski definition) is 1. The molecular weight excluding hydrogens is 258 g/mol. The van der Waals surface area contributed by atoms with Crippen molar-refractivity contribution in [2.45, 2.75) is 25.8 Å². The molecular formula is C15H21NO2S. The van der Waals surface area contributed by atoms with E-state index in [1.165, 1.54) is 0 Å². The number of carbonyl (C=O) groups excluding carboxylic acids is 1. The summed E-state index contributed by atoms with van der Waals surface area (Å²) in [6.07, 6.45) is 2.87. The molecule has 1 aliphatic carbocycles. The SMILES string of the molecule is COc1ccccc1CN(C)C(=O)CC1(CS)CC1. The van der Waals surface area contributed by atoms with Gasteiger partial charge in [-0.25, -0.2) is 0 Å². The first-order chi connectivity index (χ1) is 9.10. The lowest BCUT2D eigenvalue weighted by molar-refractivity contribution is -0.131. The molecule has 1 aromatic carbocycles. The van der Waals surface area contributed by atoms with Crippen molar-refractivity contribution in [3.8, 4) is 5.75 Å². The zero-order valence-electron chi connectivity index (χ0n) is 11.6. The first-order valence-corrected chi connectivity index (χ1v) is 7.20. The van der Waals surface area contributed by atoms with Crippen LogP contribution in [0.25, 0.3) is 0 Å². The number of benzene rings is 1. The van der Waals surface area contributed by atoms with Gasteiger partial charge in [0.25, 0.3) is 0 Å². The van der Waals surface area contributed by atoms with Crippen molar-refractivity contribution in [2.75, 3.05) is 19.9 Å². The maximum absolute atomic E-state index is 12.2. The van der Waals surface area contributed by atoms with Crippen LogP contribution in [0.4, 0.5) is 0 Å². The average Bonchev–Trinajstić information content (AvgIpc) is 3.19. The van der Waals surface area contributed by atoms with Crippen molar-refractivity contribution in [1.82, 2.24) is 4.90 Å². The smallest absolute Gasteiger partial charge is 0.223 e. The molecule has 1 amide bonds. The molecule has 1 fully saturated rings. The van der Waals surface area contributed by atoms with Crippen molar-refractivity contribution in [2.24, 2.45) is 5.41 Å². The van der Waals surface area contributed by atoms with Gasteiger partial charge in [-0.05, 0) is 30.1 Å². The number of hydrogen-bond acceptors (Lipinski definition) is 3. The van der Waals surface area contributed by atoms with Crippen LogP contribution < -0.4 is 4.74 Å². The Balaban J connectivity index is 1.96. The number of ether oxygens (including phenoxy) is 1. The minimum Gasteiger partial charge on any atom is -0.496 e. The second-order valence-electron chi connectivity index (χ2n) is 5.40. The van der Waals surface area contributed by atoms with Gasteiger partial charge in [0, 0.05) is 25.6 Å². The maximum Gasteiger partial charge on any atom is 0.223 e. The van der Waals surface area contributed by atoms with E-state index in [2.05, 4.69) is 12.6 Å². The molecule has 3 nitrogen and oxygen atoms in total. The molecule has 0 heterocycles. The van der Waals surface area contributed by atoms with E-state index < -0.39 is 0 Å². The third kappa shape index (κ3) is 3.44. The molecule has 0 atom stereocenters. The Morgan fingerprint density at radius 1 is 1.42 bits per heavy atom. The Morgan fingerprint density at radius 3 is 2.68 bits per heavy atom. The predicted molar refractivity (Wildman–Crippen MR) is 79.6 cm³/mol. The van der Waals surface area contributed by atoms with Gasteiger partial charge in [-0.15, -0.1) is 0 Å². The fourth-order valence-electron chi connectivity index (χ4n) is 2.20. The number of carbonyl (C=O) groups is 1. The third-order valence-electron chi connectivity index (χ3n) is 3.84. The fourth-order valence-corrected chi connectivity index (χ4v) is 2.63. The van der Waals surface area contributed by atoms with Crippen LogP contribution in [0.3, 0.4) is 0 Å². The highest BCUT2D eigenvalue weighted by atomic mass is 32.1. The number of rotatable bonds is 6. The van der Waals surface area contributed by atoms with E-state index >= 15 is 0 Å². The molecule has 104 valence electrons. The van der Waals surface area contributed by atoms with E-state index in [4.69, 9.17) is 4.74 Å². The highest BCUT2D eigenvalue weighted by Gasteiger charge is 2.43. The Kier molecular flexibility index (Phi) is 4.40. The van der Waals surface area contributed by atoms with Gasteiger partial charge in [0.2, 0.25) is 5.91 Å². The largest absolute Gasteiger partial charge is 0.496 e. The molecule has 0 bridgehead atoms. The van der Waals surface area contributed by atoms with Gasteiger partial charge < -0.3 is 9.64 Å². The first kappa shape index (κ1) is 14.3. The molecule has 19 heavy (non-hydrogen) atoms. The molecule has 0 N–H and O–H groups in total. The van der Waals surface area contributed by atoms with Gasteiger partial charge in [-0.2, -0.15) is 12.6 Å². The average molecular weight is 279 g/mol. The predicted octanol–water partition coefficient (Wildman–Crippen LogP) is 2.75. The number of methoxy groups -OCH3 is 1. The van der Waals surface area contributed by atoms with Crippen LogP contribution in [0.15, 0.2) is 24.3 Å². The zero-order valence-corrected chi connectivity index (χ0v) is 12.5. The summed E-state index contributed by atoms with van der Waals surface area (Å²) in [7, 11) is 3.50. The molecule has 2 rings (SSSR count). The second kappa shape index (κ2) is 5.87. The summed E-state index contributed by atoms with van der Waals surface area (Å²) in [6, 6.07) is 7.81. The molecule has 4 heteroatoms. The lowest BCUT2D eigenvalue weighted by Gasteiger charge is -2.21. The van der Waals surface area contributed by atoms with Crippen molar-refractivity contribution in [3.05, 3.63) is 29.8 Å². The molecule has 1 saturated carbocycles. The molecule has 1 aliphatic rings. The number of para-hydroxylation sites is 1. The highest BCUT2D eigenvalue weighted by Crippen LogP contribution is 2.49. The number of nitrogens with zero attached hydrogens (tertiary/aromatic N) is 1. The standard InChI is InChI=1S/C15H21NO2S/c1-16(14(17)9-15(11-19)7-8-15)10-12-5-3-4-6-13(12)18-2/h3-6,19H,7-11H2,1-2H3. The van der Waals surface area contributed by atoms with E-state index in [1.807, 2.05) is 31.3 Å². The first-order valence-electron chi connectivity index (χ1n) is 6.57. The molecule has 0 aromatic heterocycles. The van der Waals surface area contributed by atoms with Gasteiger partial charge in [0.1, 0.15) is 5.75 Å². The Morgan fingerprint density at radius 2 is 2.11 bits per heavy atom. The van der Waals surface area contributed by atoms with Gasteiger partial charge >= 0.3 is 0 Å². The topological polar surface area (TPSA) is 29.5 Å². The van der Waals surface area contributed by atoms with Crippen molar-refractivity contribution in [3.63, 3.8) is 0 Å². The third-order valence-corrected chi connectivity index (χ3v) is 4.52. The summed E-state index contributed by atoms with van der Waals surface area (Å²) >= 11 is 4.35. The normalized spacial score (nSPS) is 15.9. The van der Waals surface area contributed by atoms with E-state index in [9.17, 15) is 4.79 Å². The summed E-state index contributed by atoms with van der Waals surface area (Å²) in [5.41, 5.74) is 1.21. The molecule has 0 spiro atoms. The van der Waals surface area contributed by atoms with Crippen LogP contribution in [0.5, 0.6) is 5.75 Å². The molecule has 0 unspecified atom stereocenters. The van der Waals surface area contributed by atoms with Gasteiger partial charge in [0.05, 0.1) is 7.11 Å². The lowest BCUT2D eigenvalue weighted by atomic mass is 10.0. The Bertz CT molecular complexity index is 457. The molecule has 0 radical (unpaired) electrons. The quantitative estimate of drug-likeness (QED) is 0.811. The van der Waals surface area contributed by atoms with Crippen LogP contribution in [0, 0.1) is 5.41 Å². The van der Waals surface area contributed by atoms with Gasteiger partial charge in [0.15, 0.2) is 0 Å². The Hall–Kier alpha value is -1.16. The van der Waals surface area contributed by atoms with Gasteiger partial charge in [-0.3, -0.25) is 4.79 Å². The van der Waals surface area contributed by atoms with Crippen molar-refractivity contribution < 1.29 is 9.53 Å². The highest BCUT2D eigenvalue weighted by molar-refractivity contribution is 7.80. The van der Waals surface area contributed by atoms with Crippen LogP contribution in [-0.4, -0.2) is 30.7 Å². The monoisotopic (exact) mass is 279 g/mol. The van der Waals surface area contributed by atoms with Crippen LogP contribution in [0.2, 0.25) is 0 Å². The summed E-state index contributed by atoms with van der Waals surface area (Å²) in [6.45, 7) is 0.589. The van der Waals surface area contributed by atoms with E-state index in [0.717, 1.165) is 29.9 Å². The van der Waals surface area contributed by atoms with Crippen molar-refractivity contribution >= 4 is 18.5 Å². The molecule has 1 aromatic rings. The summed E-state index contributed by atoms with van der Waals surface area (Å²) in [5.74, 6) is 1.83. The molecule has 0 aliphatic heterocycles. The minimum absolute atomic E-state index is 0.176. The second-order valence-corrected chi connectivity index (χ2v) is 5.71. The fraction of sp³-hybridized carbons (Fsp3) is 0.533. The summed E-state index contributed by atoms with van der Waals surface area (Å²) in [5, 5.41) is 0. The Labute approximate surface area is 120 Å². The summed E-state index contributed by atoms with van der Waals surface area (Å²) < 4.78 is 5.31. The van der Waals surface area contributed by atoms with Crippen LogP contribution >= 0.6 is 12.6 Å². The van der Waals surface area contributed by atoms with Crippen LogP contribution in [-0.2, 0) is 11.3 Å². The summed E-state index contributed by atoms with van der Waals surface area (Å²) in [4.78, 5) is 14.0. The van der Waals surface area contributed by atoms with Crippen molar-refractivity contribution in [1.29, 1.82) is 0 Å². The van der Waals surface area contributed by atoms with Gasteiger partial charge in [-0.1, -0.05) is 18.2 Å².